The molecule has 2 unspecified atom stereocenters. The Bertz CT molecular complexity index is 865. The Hall–Kier alpha value is -2.09. The van der Waals surface area contributed by atoms with Gasteiger partial charge in [0.1, 0.15) is 0 Å². The zero-order chi connectivity index (χ0) is 25.6. The third kappa shape index (κ3) is 9.82. The molecule has 0 radical (unpaired) electrons. The van der Waals surface area contributed by atoms with Crippen LogP contribution in [0.5, 0.6) is 0 Å². The molecule has 0 saturated carbocycles. The molecule has 3 rings (SSSR count). The SMILES string of the molecule is CCCCC(=O)[C@H](CC(C)C)NC(=O)C1=CC2Nc3ccccc3SC2C=C1.COCCCCN. The van der Waals surface area contributed by atoms with Crippen LogP contribution in [-0.2, 0) is 14.3 Å². The molecule has 2 aliphatic rings. The fourth-order valence-electron chi connectivity index (χ4n) is 3.96. The molecule has 1 amide bonds. The number of carbonyl (C=O) groups excluding carboxylic acids is 2. The normalized spacial score (nSPS) is 18.9. The lowest BCUT2D eigenvalue weighted by Crippen LogP contribution is -2.43. The third-order valence-electron chi connectivity index (χ3n) is 5.89. The van der Waals surface area contributed by atoms with Gasteiger partial charge in [0.15, 0.2) is 5.78 Å². The van der Waals surface area contributed by atoms with Crippen LogP contribution < -0.4 is 16.4 Å². The fraction of sp³-hybridized carbons (Fsp3) is 0.571. The summed E-state index contributed by atoms with van der Waals surface area (Å²) in [5.41, 5.74) is 6.95. The number of hydrogen-bond acceptors (Lipinski definition) is 6. The predicted octanol–water partition coefficient (Wildman–Crippen LogP) is 5.10. The lowest BCUT2D eigenvalue weighted by Gasteiger charge is -2.33. The van der Waals surface area contributed by atoms with Gasteiger partial charge < -0.3 is 21.1 Å². The largest absolute Gasteiger partial charge is 0.385 e. The van der Waals surface area contributed by atoms with E-state index < -0.39 is 6.04 Å². The molecular weight excluding hydrogens is 458 g/mol. The molecule has 4 N–H and O–H groups in total. The van der Waals surface area contributed by atoms with E-state index in [1.54, 1.807) is 7.11 Å². The summed E-state index contributed by atoms with van der Waals surface area (Å²) in [5.74, 6) is 0.336. The van der Waals surface area contributed by atoms with Crippen molar-refractivity contribution in [3.05, 3.63) is 48.1 Å². The zero-order valence-corrected chi connectivity index (χ0v) is 22.5. The van der Waals surface area contributed by atoms with E-state index in [1.165, 1.54) is 4.90 Å². The van der Waals surface area contributed by atoms with E-state index in [9.17, 15) is 9.59 Å². The quantitative estimate of drug-likeness (QED) is 0.345. The monoisotopic (exact) mass is 501 g/mol. The number of hydrogen-bond donors (Lipinski definition) is 3. The molecule has 0 aromatic heterocycles. The molecule has 6 nitrogen and oxygen atoms in total. The van der Waals surface area contributed by atoms with Crippen LogP contribution in [0.4, 0.5) is 5.69 Å². The van der Waals surface area contributed by atoms with Crippen LogP contribution in [0, 0.1) is 5.92 Å². The molecule has 1 aliphatic carbocycles. The van der Waals surface area contributed by atoms with Gasteiger partial charge in [0.25, 0.3) is 5.91 Å². The molecule has 1 aliphatic heterocycles. The smallest absolute Gasteiger partial charge is 0.251 e. The fourth-order valence-corrected chi connectivity index (χ4v) is 5.12. The molecule has 0 fully saturated rings. The average molecular weight is 502 g/mol. The summed E-state index contributed by atoms with van der Waals surface area (Å²) in [5, 5.41) is 6.79. The van der Waals surface area contributed by atoms with Gasteiger partial charge in [-0.1, -0.05) is 51.5 Å². The maximum absolute atomic E-state index is 12.9. The highest BCUT2D eigenvalue weighted by Crippen LogP contribution is 2.40. The summed E-state index contributed by atoms with van der Waals surface area (Å²) in [7, 11) is 1.70. The van der Waals surface area contributed by atoms with Crippen molar-refractivity contribution in [2.24, 2.45) is 11.7 Å². The number of carbonyl (C=O) groups is 2. The molecule has 1 heterocycles. The van der Waals surface area contributed by atoms with Crippen LogP contribution in [0.25, 0.3) is 0 Å². The number of thioether (sulfide) groups is 1. The minimum absolute atomic E-state index is 0.0741. The maximum Gasteiger partial charge on any atom is 0.251 e. The van der Waals surface area contributed by atoms with E-state index in [0.29, 0.717) is 24.3 Å². The lowest BCUT2D eigenvalue weighted by atomic mass is 9.96. The highest BCUT2D eigenvalue weighted by Gasteiger charge is 2.30. The van der Waals surface area contributed by atoms with Crippen molar-refractivity contribution in [1.82, 2.24) is 5.32 Å². The number of unbranched alkanes of at least 4 members (excludes halogenated alkanes) is 2. The number of amides is 1. The summed E-state index contributed by atoms with van der Waals surface area (Å²) in [4.78, 5) is 26.7. The molecular formula is C28H43N3O3S. The van der Waals surface area contributed by atoms with E-state index in [0.717, 1.165) is 44.5 Å². The van der Waals surface area contributed by atoms with Crippen molar-refractivity contribution in [3.8, 4) is 0 Å². The molecule has 0 bridgehead atoms. The van der Waals surface area contributed by atoms with E-state index in [-0.39, 0.29) is 23.0 Å². The van der Waals surface area contributed by atoms with Gasteiger partial charge in [-0.25, -0.2) is 0 Å². The molecule has 0 spiro atoms. The number of benzene rings is 1. The number of anilines is 1. The Labute approximate surface area is 215 Å². The first-order valence-corrected chi connectivity index (χ1v) is 13.7. The highest BCUT2D eigenvalue weighted by molar-refractivity contribution is 8.00. The number of ether oxygens (including phenoxy) is 1. The highest BCUT2D eigenvalue weighted by atomic mass is 32.2. The van der Waals surface area contributed by atoms with Crippen LogP contribution in [-0.4, -0.2) is 49.3 Å². The molecule has 1 aromatic carbocycles. The number of ketones is 1. The molecule has 35 heavy (non-hydrogen) atoms. The molecule has 1 aromatic rings. The van der Waals surface area contributed by atoms with Gasteiger partial charge in [0.05, 0.1) is 17.3 Å². The van der Waals surface area contributed by atoms with Crippen LogP contribution in [0.15, 0.2) is 53.0 Å². The predicted molar refractivity (Wildman–Crippen MR) is 147 cm³/mol. The van der Waals surface area contributed by atoms with Gasteiger partial charge in [0.2, 0.25) is 0 Å². The number of methoxy groups -OCH3 is 1. The van der Waals surface area contributed by atoms with Gasteiger partial charge in [-0.2, -0.15) is 0 Å². The topological polar surface area (TPSA) is 93.5 Å². The van der Waals surface area contributed by atoms with Crippen molar-refractivity contribution in [2.45, 2.75) is 81.5 Å². The Morgan fingerprint density at radius 1 is 1.20 bits per heavy atom. The van der Waals surface area contributed by atoms with Crippen molar-refractivity contribution in [1.29, 1.82) is 0 Å². The number of para-hydroxylation sites is 1. The standard InChI is InChI=1S/C23H30N2O2S.C5H13NO/c1-4-5-9-20(26)18(13-15(2)3)25-23(27)16-11-12-22-19(14-16)24-17-8-6-7-10-21(17)28-22;1-7-5-3-2-4-6/h6-8,10-12,14-15,18-19,22,24H,4-5,9,13H2,1-3H3,(H,25,27);2-6H2,1H3/t18-,19?,22?;/m0./s1. The van der Waals surface area contributed by atoms with Crippen LogP contribution in [0.3, 0.4) is 0 Å². The van der Waals surface area contributed by atoms with Crippen molar-refractivity contribution < 1.29 is 14.3 Å². The number of fused-ring (bicyclic) bond motifs is 2. The first-order valence-electron chi connectivity index (χ1n) is 12.8. The average Bonchev–Trinajstić information content (AvgIpc) is 2.85. The van der Waals surface area contributed by atoms with E-state index in [2.05, 4.69) is 49.6 Å². The van der Waals surface area contributed by atoms with Gasteiger partial charge in [-0.15, -0.1) is 11.8 Å². The second-order valence-electron chi connectivity index (χ2n) is 9.44. The van der Waals surface area contributed by atoms with E-state index in [4.69, 9.17) is 10.5 Å². The number of rotatable bonds is 12. The molecule has 3 atom stereocenters. The minimum atomic E-state index is -0.402. The summed E-state index contributed by atoms with van der Waals surface area (Å²) in [6.45, 7) is 7.86. The van der Waals surface area contributed by atoms with Crippen molar-refractivity contribution >= 4 is 29.1 Å². The Kier molecular flexibility index (Phi) is 13.2. The number of nitrogens with two attached hydrogens (primary N) is 1. The van der Waals surface area contributed by atoms with E-state index >= 15 is 0 Å². The van der Waals surface area contributed by atoms with Gasteiger partial charge in [-0.3, -0.25) is 9.59 Å². The Morgan fingerprint density at radius 3 is 2.66 bits per heavy atom. The van der Waals surface area contributed by atoms with Gasteiger partial charge >= 0.3 is 0 Å². The Balaban J connectivity index is 0.000000540. The van der Waals surface area contributed by atoms with Crippen LogP contribution in [0.1, 0.15) is 59.3 Å². The second kappa shape index (κ2) is 15.8. The molecule has 7 heteroatoms. The molecule has 0 saturated heterocycles. The van der Waals surface area contributed by atoms with Crippen LogP contribution >= 0.6 is 11.8 Å². The Morgan fingerprint density at radius 2 is 1.97 bits per heavy atom. The summed E-state index contributed by atoms with van der Waals surface area (Å²) in [6, 6.07) is 7.91. The van der Waals surface area contributed by atoms with Gasteiger partial charge in [0, 0.05) is 36.3 Å². The van der Waals surface area contributed by atoms with Crippen molar-refractivity contribution in [3.63, 3.8) is 0 Å². The second-order valence-corrected chi connectivity index (χ2v) is 10.7. The van der Waals surface area contributed by atoms with Crippen LogP contribution in [0.2, 0.25) is 0 Å². The van der Waals surface area contributed by atoms with Crippen molar-refractivity contribution in [2.75, 3.05) is 25.6 Å². The summed E-state index contributed by atoms with van der Waals surface area (Å²) < 4.78 is 4.79. The maximum atomic E-state index is 12.9. The summed E-state index contributed by atoms with van der Waals surface area (Å²) >= 11 is 1.81. The lowest BCUT2D eigenvalue weighted by molar-refractivity contribution is -0.126. The summed E-state index contributed by atoms with van der Waals surface area (Å²) in [6.07, 6.45) is 11.2. The number of Topliss-reactive ketones (excluding diaryl/α,β-unsaturated/α-hetero) is 1. The first kappa shape index (κ1) is 29.1. The number of nitrogens with one attached hydrogen (secondary N) is 2. The first-order chi connectivity index (χ1) is 16.9. The van der Waals surface area contributed by atoms with E-state index in [1.807, 2.05) is 36.0 Å². The third-order valence-corrected chi connectivity index (χ3v) is 7.23. The minimum Gasteiger partial charge on any atom is -0.385 e. The molecule has 194 valence electrons. The zero-order valence-electron chi connectivity index (χ0n) is 21.7. The van der Waals surface area contributed by atoms with Gasteiger partial charge in [-0.05, 0) is 56.4 Å².